The Morgan fingerprint density at radius 3 is 3.15 bits per heavy atom. The van der Waals surface area contributed by atoms with Crippen molar-refractivity contribution in [2.45, 2.75) is 12.5 Å². The molecule has 1 aromatic heterocycles. The lowest BCUT2D eigenvalue weighted by Gasteiger charge is -1.92. The Kier molecular flexibility index (Phi) is 2.33. The Labute approximate surface area is 80.3 Å². The largest absolute Gasteiger partial charge is 0.465 e. The molecule has 13 heavy (non-hydrogen) atoms. The summed E-state index contributed by atoms with van der Waals surface area (Å²) in [5.41, 5.74) is 0. The Hall–Kier alpha value is -0.870. The summed E-state index contributed by atoms with van der Waals surface area (Å²) in [6.07, 6.45) is 1.30. The van der Waals surface area contributed by atoms with Gasteiger partial charge in [-0.2, -0.15) is 0 Å². The van der Waals surface area contributed by atoms with E-state index in [9.17, 15) is 4.79 Å². The van der Waals surface area contributed by atoms with E-state index >= 15 is 0 Å². The number of esters is 1. The van der Waals surface area contributed by atoms with Crippen LogP contribution in [-0.2, 0) is 15.9 Å². The van der Waals surface area contributed by atoms with E-state index in [1.165, 1.54) is 23.3 Å². The third kappa shape index (κ3) is 2.08. The van der Waals surface area contributed by atoms with Gasteiger partial charge in [-0.3, -0.25) is 0 Å². The maximum absolute atomic E-state index is 11.1. The van der Waals surface area contributed by atoms with Gasteiger partial charge in [0.05, 0.1) is 19.8 Å². The van der Waals surface area contributed by atoms with Crippen molar-refractivity contribution in [2.75, 3.05) is 13.7 Å². The van der Waals surface area contributed by atoms with Crippen molar-refractivity contribution in [1.82, 2.24) is 0 Å². The van der Waals surface area contributed by atoms with Crippen LogP contribution < -0.4 is 0 Å². The van der Waals surface area contributed by atoms with Crippen molar-refractivity contribution in [3.63, 3.8) is 0 Å². The Morgan fingerprint density at radius 1 is 1.77 bits per heavy atom. The van der Waals surface area contributed by atoms with Gasteiger partial charge in [-0.1, -0.05) is 0 Å². The SMILES string of the molecule is COC(=O)c1ccc(CC2CO2)s1. The predicted octanol–water partition coefficient (Wildman–Crippen LogP) is 1.48. The second-order valence-corrected chi connectivity index (χ2v) is 4.09. The van der Waals surface area contributed by atoms with Gasteiger partial charge in [0, 0.05) is 11.3 Å². The molecule has 1 aliphatic rings. The fraction of sp³-hybridized carbons (Fsp3) is 0.444. The average molecular weight is 198 g/mol. The molecule has 1 fully saturated rings. The molecule has 1 unspecified atom stereocenters. The molecule has 1 aliphatic heterocycles. The van der Waals surface area contributed by atoms with Gasteiger partial charge in [-0.15, -0.1) is 11.3 Å². The van der Waals surface area contributed by atoms with E-state index in [0.717, 1.165) is 13.0 Å². The van der Waals surface area contributed by atoms with Crippen LogP contribution in [0, 0.1) is 0 Å². The summed E-state index contributed by atoms with van der Waals surface area (Å²) in [6, 6.07) is 3.76. The quantitative estimate of drug-likeness (QED) is 0.545. The van der Waals surface area contributed by atoms with Crippen LogP contribution in [0.15, 0.2) is 12.1 Å². The first-order valence-corrected chi connectivity index (χ1v) is 4.90. The highest BCUT2D eigenvalue weighted by Crippen LogP contribution is 2.23. The van der Waals surface area contributed by atoms with Gasteiger partial charge >= 0.3 is 5.97 Å². The normalized spacial score (nSPS) is 19.9. The Balaban J connectivity index is 2.03. The fourth-order valence-electron chi connectivity index (χ4n) is 1.11. The summed E-state index contributed by atoms with van der Waals surface area (Å²) in [4.78, 5) is 12.9. The first kappa shape index (κ1) is 8.72. The van der Waals surface area contributed by atoms with Crippen LogP contribution in [0.1, 0.15) is 14.5 Å². The lowest BCUT2D eigenvalue weighted by atomic mass is 10.3. The highest BCUT2D eigenvalue weighted by molar-refractivity contribution is 7.13. The second-order valence-electron chi connectivity index (χ2n) is 2.92. The van der Waals surface area contributed by atoms with Crippen LogP contribution in [0.4, 0.5) is 0 Å². The third-order valence-corrected chi connectivity index (χ3v) is 2.97. The van der Waals surface area contributed by atoms with Gasteiger partial charge in [0.1, 0.15) is 4.88 Å². The molecule has 3 nitrogen and oxygen atoms in total. The van der Waals surface area contributed by atoms with Crippen molar-refractivity contribution in [3.8, 4) is 0 Å². The summed E-state index contributed by atoms with van der Waals surface area (Å²) in [5, 5.41) is 0. The topological polar surface area (TPSA) is 38.8 Å². The summed E-state index contributed by atoms with van der Waals surface area (Å²) < 4.78 is 9.71. The van der Waals surface area contributed by atoms with E-state index in [2.05, 4.69) is 4.74 Å². The molecule has 1 atom stereocenters. The van der Waals surface area contributed by atoms with Crippen LogP contribution >= 0.6 is 11.3 Å². The lowest BCUT2D eigenvalue weighted by Crippen LogP contribution is -1.96. The zero-order valence-electron chi connectivity index (χ0n) is 7.28. The third-order valence-electron chi connectivity index (χ3n) is 1.88. The zero-order valence-corrected chi connectivity index (χ0v) is 8.10. The van der Waals surface area contributed by atoms with Crippen molar-refractivity contribution in [3.05, 3.63) is 21.9 Å². The molecule has 1 aromatic rings. The number of rotatable bonds is 3. The molecule has 0 spiro atoms. The summed E-state index contributed by atoms with van der Waals surface area (Å²) >= 11 is 1.48. The maximum Gasteiger partial charge on any atom is 0.348 e. The Bertz CT molecular complexity index is 314. The first-order chi connectivity index (χ1) is 6.29. The minimum Gasteiger partial charge on any atom is -0.465 e. The number of methoxy groups -OCH3 is 1. The van der Waals surface area contributed by atoms with E-state index in [4.69, 9.17) is 4.74 Å². The Morgan fingerprint density at radius 2 is 2.54 bits per heavy atom. The highest BCUT2D eigenvalue weighted by atomic mass is 32.1. The number of carbonyl (C=O) groups is 1. The van der Waals surface area contributed by atoms with Gasteiger partial charge in [0.15, 0.2) is 0 Å². The molecule has 0 N–H and O–H groups in total. The molecule has 4 heteroatoms. The van der Waals surface area contributed by atoms with Crippen molar-refractivity contribution in [2.24, 2.45) is 0 Å². The fourth-order valence-corrected chi connectivity index (χ4v) is 2.10. The van der Waals surface area contributed by atoms with Crippen molar-refractivity contribution >= 4 is 17.3 Å². The van der Waals surface area contributed by atoms with Gasteiger partial charge in [0.25, 0.3) is 0 Å². The summed E-state index contributed by atoms with van der Waals surface area (Å²) in [5.74, 6) is -0.257. The van der Waals surface area contributed by atoms with Gasteiger partial charge < -0.3 is 9.47 Å². The molecule has 0 saturated carbocycles. The van der Waals surface area contributed by atoms with Gasteiger partial charge in [0.2, 0.25) is 0 Å². The summed E-state index contributed by atoms with van der Waals surface area (Å²) in [6.45, 7) is 0.853. The standard InChI is InChI=1S/C9H10O3S/c1-11-9(10)8-3-2-7(13-8)4-6-5-12-6/h2-3,6H,4-5H2,1H3. The molecule has 1 saturated heterocycles. The molecular formula is C9H10O3S. The van der Waals surface area contributed by atoms with Crippen LogP contribution in [0.25, 0.3) is 0 Å². The molecule has 0 aromatic carbocycles. The van der Waals surface area contributed by atoms with Gasteiger partial charge in [-0.05, 0) is 12.1 Å². The zero-order chi connectivity index (χ0) is 9.26. The minimum absolute atomic E-state index is 0.257. The van der Waals surface area contributed by atoms with Crippen LogP contribution in [0.5, 0.6) is 0 Å². The molecule has 0 radical (unpaired) electrons. The molecular weight excluding hydrogens is 188 g/mol. The van der Waals surface area contributed by atoms with E-state index in [1.54, 1.807) is 6.07 Å². The number of thiophene rings is 1. The van der Waals surface area contributed by atoms with Crippen LogP contribution in [0.3, 0.4) is 0 Å². The minimum atomic E-state index is -0.257. The molecule has 0 aliphatic carbocycles. The number of epoxide rings is 1. The lowest BCUT2D eigenvalue weighted by molar-refractivity contribution is 0.0606. The predicted molar refractivity (Wildman–Crippen MR) is 49.1 cm³/mol. The maximum atomic E-state index is 11.1. The second kappa shape index (κ2) is 3.47. The number of hydrogen-bond donors (Lipinski definition) is 0. The van der Waals surface area contributed by atoms with E-state index in [0.29, 0.717) is 11.0 Å². The van der Waals surface area contributed by atoms with Gasteiger partial charge in [-0.25, -0.2) is 4.79 Å². The molecule has 0 bridgehead atoms. The number of carbonyl (C=O) groups excluding carboxylic acids is 1. The highest BCUT2D eigenvalue weighted by Gasteiger charge is 2.23. The van der Waals surface area contributed by atoms with Crippen molar-refractivity contribution in [1.29, 1.82) is 0 Å². The first-order valence-electron chi connectivity index (χ1n) is 4.08. The average Bonchev–Trinajstić information content (AvgIpc) is 2.81. The van der Waals surface area contributed by atoms with E-state index < -0.39 is 0 Å². The van der Waals surface area contributed by atoms with E-state index in [-0.39, 0.29) is 5.97 Å². The summed E-state index contributed by atoms with van der Waals surface area (Å²) in [7, 11) is 1.39. The smallest absolute Gasteiger partial charge is 0.348 e. The molecule has 2 rings (SSSR count). The molecule has 70 valence electrons. The number of hydrogen-bond acceptors (Lipinski definition) is 4. The molecule has 0 amide bonds. The van der Waals surface area contributed by atoms with Crippen molar-refractivity contribution < 1.29 is 14.3 Å². The van der Waals surface area contributed by atoms with Crippen LogP contribution in [-0.4, -0.2) is 25.8 Å². The van der Waals surface area contributed by atoms with E-state index in [1.807, 2.05) is 6.07 Å². The van der Waals surface area contributed by atoms with Crippen LogP contribution in [0.2, 0.25) is 0 Å². The molecule has 2 heterocycles. The monoisotopic (exact) mass is 198 g/mol. The number of ether oxygens (including phenoxy) is 2.